The van der Waals surface area contributed by atoms with Crippen LogP contribution in [0.4, 0.5) is 0 Å². The van der Waals surface area contributed by atoms with Gasteiger partial charge in [-0.05, 0) is 24.5 Å². The molecule has 142 valence electrons. The third-order valence-electron chi connectivity index (χ3n) is 4.95. The van der Waals surface area contributed by atoms with Gasteiger partial charge in [-0.3, -0.25) is 9.59 Å². The van der Waals surface area contributed by atoms with Crippen LogP contribution in [0.3, 0.4) is 0 Å². The van der Waals surface area contributed by atoms with Crippen LogP contribution in [-0.2, 0) is 9.59 Å². The summed E-state index contributed by atoms with van der Waals surface area (Å²) in [6.07, 6.45) is 0. The van der Waals surface area contributed by atoms with Gasteiger partial charge in [-0.25, -0.2) is 0 Å². The number of ketones is 1. The number of thiophene rings is 1. The number of likely N-dealkylation sites (N-methyl/N-ethyl adjacent to an activating group) is 1. The fourth-order valence-electron chi connectivity index (χ4n) is 3.39. The zero-order valence-electron chi connectivity index (χ0n) is 15.6. The van der Waals surface area contributed by atoms with E-state index in [0.717, 1.165) is 18.0 Å². The van der Waals surface area contributed by atoms with Crippen LogP contribution in [0.25, 0.3) is 5.76 Å². The number of aliphatic hydroxyl groups excluding tert-OH is 1. The Morgan fingerprint density at radius 3 is 2.41 bits per heavy atom. The highest BCUT2D eigenvalue weighted by molar-refractivity contribution is 7.10. The minimum Gasteiger partial charge on any atom is -0.507 e. The van der Waals surface area contributed by atoms with Crippen molar-refractivity contribution in [1.29, 1.82) is 0 Å². The summed E-state index contributed by atoms with van der Waals surface area (Å²) in [7, 11) is 0. The maximum absolute atomic E-state index is 12.8. The van der Waals surface area contributed by atoms with Gasteiger partial charge in [0, 0.05) is 23.5 Å². The first kappa shape index (κ1) is 19.3. The van der Waals surface area contributed by atoms with E-state index in [4.69, 9.17) is 0 Å². The molecule has 1 atom stereocenters. The molecule has 1 fully saturated rings. The predicted molar refractivity (Wildman–Crippen MR) is 108 cm³/mol. The van der Waals surface area contributed by atoms with Crippen molar-refractivity contribution < 1.29 is 14.7 Å². The van der Waals surface area contributed by atoms with Crippen molar-refractivity contribution in [3.63, 3.8) is 0 Å². The molecule has 1 N–H and O–H groups in total. The van der Waals surface area contributed by atoms with Crippen LogP contribution in [0, 0.1) is 0 Å². The Bertz CT molecular complexity index is 826. The van der Waals surface area contributed by atoms with Crippen LogP contribution in [0.2, 0.25) is 0 Å². The summed E-state index contributed by atoms with van der Waals surface area (Å²) < 4.78 is 0. The van der Waals surface area contributed by atoms with E-state index in [2.05, 4.69) is 18.7 Å². The molecule has 0 radical (unpaired) electrons. The first-order chi connectivity index (χ1) is 13.1. The van der Waals surface area contributed by atoms with E-state index in [1.165, 1.54) is 11.3 Å². The predicted octanol–water partition coefficient (Wildman–Crippen LogP) is 3.51. The van der Waals surface area contributed by atoms with E-state index in [-0.39, 0.29) is 11.3 Å². The molecule has 2 heterocycles. The molecule has 2 aromatic rings. The number of rotatable bonds is 7. The van der Waals surface area contributed by atoms with Crippen LogP contribution < -0.4 is 0 Å². The Hall–Kier alpha value is -2.44. The van der Waals surface area contributed by atoms with Crippen LogP contribution in [0.15, 0.2) is 53.4 Å². The van der Waals surface area contributed by atoms with Crippen LogP contribution in [-0.4, -0.2) is 52.8 Å². The lowest BCUT2D eigenvalue weighted by Crippen LogP contribution is -2.37. The van der Waals surface area contributed by atoms with Crippen molar-refractivity contribution in [1.82, 2.24) is 9.80 Å². The lowest BCUT2D eigenvalue weighted by Gasteiger charge is -2.27. The quantitative estimate of drug-likeness (QED) is 0.451. The number of carbonyl (C=O) groups excluding carboxylic acids is 2. The zero-order chi connectivity index (χ0) is 19.4. The zero-order valence-corrected chi connectivity index (χ0v) is 16.4. The minimum absolute atomic E-state index is 0.113. The number of hydrogen-bond acceptors (Lipinski definition) is 5. The van der Waals surface area contributed by atoms with Crippen molar-refractivity contribution in [2.24, 2.45) is 0 Å². The van der Waals surface area contributed by atoms with Gasteiger partial charge in [0.25, 0.3) is 11.7 Å². The smallest absolute Gasteiger partial charge is 0.295 e. The van der Waals surface area contributed by atoms with Gasteiger partial charge in [0.15, 0.2) is 0 Å². The van der Waals surface area contributed by atoms with Gasteiger partial charge in [0.1, 0.15) is 5.76 Å². The Balaban J connectivity index is 2.02. The average molecular weight is 385 g/mol. The number of amides is 1. The van der Waals surface area contributed by atoms with Crippen LogP contribution in [0.1, 0.15) is 30.3 Å². The summed E-state index contributed by atoms with van der Waals surface area (Å²) in [4.78, 5) is 30.3. The fraction of sp³-hybridized carbons (Fsp3) is 0.333. The summed E-state index contributed by atoms with van der Waals surface area (Å²) in [6.45, 7) is 7.05. The van der Waals surface area contributed by atoms with E-state index >= 15 is 0 Å². The van der Waals surface area contributed by atoms with E-state index in [9.17, 15) is 14.7 Å². The Morgan fingerprint density at radius 1 is 1.11 bits per heavy atom. The molecular weight excluding hydrogens is 360 g/mol. The molecule has 1 aliphatic rings. The molecule has 1 saturated heterocycles. The maximum Gasteiger partial charge on any atom is 0.295 e. The molecule has 6 heteroatoms. The number of hydrogen-bond donors (Lipinski definition) is 1. The maximum atomic E-state index is 12.8. The number of benzene rings is 1. The summed E-state index contributed by atoms with van der Waals surface area (Å²) >= 11 is 1.49. The standard InChI is InChI=1S/C21H24N2O3S/c1-3-22(4-2)12-13-23-18(16-11-8-14-27-16)17(20(25)21(23)26)19(24)15-9-6-5-7-10-15/h5-11,14,18,24H,3-4,12-13H2,1-2H3/b19-17-. The molecule has 1 aliphatic heterocycles. The topological polar surface area (TPSA) is 60.9 Å². The van der Waals surface area contributed by atoms with Gasteiger partial charge in [0.2, 0.25) is 0 Å². The minimum atomic E-state index is -0.616. The Morgan fingerprint density at radius 2 is 1.81 bits per heavy atom. The SMILES string of the molecule is CCN(CC)CCN1C(=O)C(=O)/C(=C(\O)c2ccccc2)C1c1cccs1. The number of likely N-dealkylation sites (tertiary alicyclic amines) is 1. The second-order valence-electron chi connectivity index (χ2n) is 6.40. The molecule has 1 unspecified atom stereocenters. The van der Waals surface area contributed by atoms with Crippen LogP contribution >= 0.6 is 11.3 Å². The number of nitrogens with zero attached hydrogens (tertiary/aromatic N) is 2. The summed E-state index contributed by atoms with van der Waals surface area (Å²) in [5, 5.41) is 12.8. The lowest BCUT2D eigenvalue weighted by atomic mass is 10.00. The molecule has 1 aromatic heterocycles. The number of Topliss-reactive ketones (excluding diaryl/α,β-unsaturated/α-hetero) is 1. The average Bonchev–Trinajstić information content (AvgIpc) is 3.31. The van der Waals surface area contributed by atoms with Gasteiger partial charge < -0.3 is 14.9 Å². The molecule has 0 spiro atoms. The van der Waals surface area contributed by atoms with Gasteiger partial charge in [-0.1, -0.05) is 50.2 Å². The third-order valence-corrected chi connectivity index (χ3v) is 5.88. The highest BCUT2D eigenvalue weighted by Gasteiger charge is 2.46. The van der Waals surface area contributed by atoms with Gasteiger partial charge in [-0.2, -0.15) is 0 Å². The van der Waals surface area contributed by atoms with E-state index in [1.54, 1.807) is 29.2 Å². The second-order valence-corrected chi connectivity index (χ2v) is 7.38. The van der Waals surface area contributed by atoms with E-state index in [0.29, 0.717) is 18.7 Å². The molecule has 0 aliphatic carbocycles. The Labute approximate surface area is 163 Å². The largest absolute Gasteiger partial charge is 0.507 e. The normalized spacial score (nSPS) is 19.2. The molecule has 27 heavy (non-hydrogen) atoms. The third kappa shape index (κ3) is 3.82. The first-order valence-electron chi connectivity index (χ1n) is 9.18. The van der Waals surface area contributed by atoms with Gasteiger partial charge in [0.05, 0.1) is 11.6 Å². The number of carbonyl (C=O) groups is 2. The van der Waals surface area contributed by atoms with Gasteiger partial charge in [-0.15, -0.1) is 11.3 Å². The Kier molecular flexibility index (Phi) is 6.08. The van der Waals surface area contributed by atoms with Gasteiger partial charge >= 0.3 is 0 Å². The van der Waals surface area contributed by atoms with Crippen molar-refractivity contribution in [2.45, 2.75) is 19.9 Å². The van der Waals surface area contributed by atoms with E-state index in [1.807, 2.05) is 23.6 Å². The molecule has 0 saturated carbocycles. The van der Waals surface area contributed by atoms with Crippen molar-refractivity contribution in [3.05, 3.63) is 63.9 Å². The monoisotopic (exact) mass is 384 g/mol. The summed E-state index contributed by atoms with van der Waals surface area (Å²) in [5.74, 6) is -1.27. The van der Waals surface area contributed by atoms with E-state index < -0.39 is 17.7 Å². The first-order valence-corrected chi connectivity index (χ1v) is 10.1. The fourth-order valence-corrected chi connectivity index (χ4v) is 4.24. The van der Waals surface area contributed by atoms with Crippen LogP contribution in [0.5, 0.6) is 0 Å². The number of aliphatic hydroxyl groups is 1. The van der Waals surface area contributed by atoms with Crippen molar-refractivity contribution in [2.75, 3.05) is 26.2 Å². The summed E-state index contributed by atoms with van der Waals surface area (Å²) in [5.41, 5.74) is 0.717. The molecule has 5 nitrogen and oxygen atoms in total. The van der Waals surface area contributed by atoms with Crippen molar-refractivity contribution >= 4 is 28.8 Å². The van der Waals surface area contributed by atoms with Crippen molar-refractivity contribution in [3.8, 4) is 0 Å². The molecular formula is C21H24N2O3S. The molecule has 0 bridgehead atoms. The molecule has 1 aromatic carbocycles. The highest BCUT2D eigenvalue weighted by Crippen LogP contribution is 2.40. The highest BCUT2D eigenvalue weighted by atomic mass is 32.1. The lowest BCUT2D eigenvalue weighted by molar-refractivity contribution is -0.140. The second kappa shape index (κ2) is 8.50. The summed E-state index contributed by atoms with van der Waals surface area (Å²) in [6, 6.07) is 12.2. The molecule has 1 amide bonds. The molecule has 3 rings (SSSR count).